The van der Waals surface area contributed by atoms with Crippen LogP contribution in [-0.4, -0.2) is 5.54 Å². The van der Waals surface area contributed by atoms with Crippen LogP contribution in [0.4, 0.5) is 14.5 Å². The second-order valence-corrected chi connectivity index (χ2v) is 7.12. The number of rotatable bonds is 0. The molecule has 0 aromatic heterocycles. The first-order chi connectivity index (χ1) is 10.9. The Labute approximate surface area is 134 Å². The smallest absolute Gasteiger partial charge is 0.168 e. The minimum absolute atomic E-state index is 0.0207. The molecule has 1 atom stereocenters. The monoisotopic (exact) mass is 315 g/mol. The van der Waals surface area contributed by atoms with E-state index in [1.807, 2.05) is 12.1 Å². The van der Waals surface area contributed by atoms with Gasteiger partial charge in [-0.25, -0.2) is 8.78 Å². The number of nitrogens with one attached hydrogen (secondary N) is 1. The number of ether oxygens (including phenoxy) is 1. The van der Waals surface area contributed by atoms with Crippen molar-refractivity contribution in [1.82, 2.24) is 0 Å². The zero-order chi connectivity index (χ0) is 16.4. The van der Waals surface area contributed by atoms with E-state index in [4.69, 9.17) is 4.74 Å². The van der Waals surface area contributed by atoms with Gasteiger partial charge in [0.1, 0.15) is 12.4 Å². The van der Waals surface area contributed by atoms with Crippen molar-refractivity contribution in [1.29, 1.82) is 0 Å². The van der Waals surface area contributed by atoms with Gasteiger partial charge in [-0.1, -0.05) is 13.0 Å². The van der Waals surface area contributed by atoms with Crippen LogP contribution in [0, 0.1) is 17.6 Å². The standard InChI is InChI=1S/C19H19F2NO/c1-10-6-13-15-9-23-18-14(7-11(20)8-16(18)21)12(15)4-5-17(13)22-19(10,2)3/h4-5,7-8,10,22H,6,9H2,1-3H3. The molecule has 0 aliphatic carbocycles. The van der Waals surface area contributed by atoms with Gasteiger partial charge < -0.3 is 10.1 Å². The van der Waals surface area contributed by atoms with Crippen LogP contribution in [-0.2, 0) is 13.0 Å². The van der Waals surface area contributed by atoms with Gasteiger partial charge in [-0.3, -0.25) is 0 Å². The van der Waals surface area contributed by atoms with Crippen LogP contribution in [0.3, 0.4) is 0 Å². The molecule has 0 amide bonds. The van der Waals surface area contributed by atoms with Crippen molar-refractivity contribution in [2.24, 2.45) is 5.92 Å². The van der Waals surface area contributed by atoms with E-state index in [0.29, 0.717) is 18.1 Å². The largest absolute Gasteiger partial charge is 0.485 e. The van der Waals surface area contributed by atoms with Crippen LogP contribution < -0.4 is 10.1 Å². The maximum atomic E-state index is 14.0. The Balaban J connectivity index is 1.91. The van der Waals surface area contributed by atoms with Crippen molar-refractivity contribution < 1.29 is 13.5 Å². The summed E-state index contributed by atoms with van der Waals surface area (Å²) >= 11 is 0. The highest BCUT2D eigenvalue weighted by Gasteiger charge is 2.34. The van der Waals surface area contributed by atoms with Gasteiger partial charge in [0.25, 0.3) is 0 Å². The minimum atomic E-state index is -0.643. The third-order valence-corrected chi connectivity index (χ3v) is 5.29. The highest BCUT2D eigenvalue weighted by molar-refractivity contribution is 5.79. The van der Waals surface area contributed by atoms with Crippen LogP contribution >= 0.6 is 0 Å². The Hall–Kier alpha value is -2.10. The lowest BCUT2D eigenvalue weighted by Gasteiger charge is -2.41. The van der Waals surface area contributed by atoms with Crippen molar-refractivity contribution in [2.45, 2.75) is 39.3 Å². The van der Waals surface area contributed by atoms with Crippen LogP contribution in [0.1, 0.15) is 31.9 Å². The predicted molar refractivity (Wildman–Crippen MR) is 86.7 cm³/mol. The fourth-order valence-corrected chi connectivity index (χ4v) is 3.54. The third-order valence-electron chi connectivity index (χ3n) is 5.29. The highest BCUT2D eigenvalue weighted by atomic mass is 19.1. The topological polar surface area (TPSA) is 21.3 Å². The summed E-state index contributed by atoms with van der Waals surface area (Å²) in [4.78, 5) is 0. The van der Waals surface area contributed by atoms with Crippen LogP contribution in [0.25, 0.3) is 11.1 Å². The van der Waals surface area contributed by atoms with Gasteiger partial charge in [-0.05, 0) is 49.4 Å². The molecule has 1 N–H and O–H groups in total. The quantitative estimate of drug-likeness (QED) is 0.746. The van der Waals surface area contributed by atoms with E-state index in [2.05, 4.69) is 26.1 Å². The van der Waals surface area contributed by atoms with E-state index in [9.17, 15) is 8.78 Å². The molecule has 2 heterocycles. The summed E-state index contributed by atoms with van der Waals surface area (Å²) in [6, 6.07) is 6.17. The van der Waals surface area contributed by atoms with Crippen molar-refractivity contribution in [3.63, 3.8) is 0 Å². The van der Waals surface area contributed by atoms with E-state index in [1.165, 1.54) is 11.6 Å². The minimum Gasteiger partial charge on any atom is -0.485 e. The van der Waals surface area contributed by atoms with Gasteiger partial charge in [0.2, 0.25) is 0 Å². The van der Waals surface area contributed by atoms with Crippen LogP contribution in [0.5, 0.6) is 5.75 Å². The molecule has 1 unspecified atom stereocenters. The predicted octanol–water partition coefficient (Wildman–Crippen LogP) is 4.91. The van der Waals surface area contributed by atoms with Crippen molar-refractivity contribution in [3.05, 3.63) is 47.0 Å². The molecule has 2 aromatic rings. The van der Waals surface area contributed by atoms with Crippen molar-refractivity contribution in [3.8, 4) is 16.9 Å². The summed E-state index contributed by atoms with van der Waals surface area (Å²) in [6.45, 7) is 6.92. The summed E-state index contributed by atoms with van der Waals surface area (Å²) in [5.41, 5.74) is 4.73. The van der Waals surface area contributed by atoms with Gasteiger partial charge in [-0.2, -0.15) is 0 Å². The van der Waals surface area contributed by atoms with Gasteiger partial charge >= 0.3 is 0 Å². The Bertz CT molecular complexity index is 814. The molecular weight excluding hydrogens is 296 g/mol. The molecule has 2 aromatic carbocycles. The molecule has 4 rings (SSSR count). The maximum Gasteiger partial charge on any atom is 0.168 e. The number of hydrogen-bond donors (Lipinski definition) is 1. The molecule has 2 nitrogen and oxygen atoms in total. The first kappa shape index (κ1) is 14.5. The van der Waals surface area contributed by atoms with E-state index in [-0.39, 0.29) is 11.3 Å². The van der Waals surface area contributed by atoms with E-state index < -0.39 is 11.6 Å². The lowest BCUT2D eigenvalue weighted by atomic mass is 9.77. The molecule has 0 radical (unpaired) electrons. The summed E-state index contributed by atoms with van der Waals surface area (Å²) in [5.74, 6) is -0.623. The van der Waals surface area contributed by atoms with Gasteiger partial charge in [0, 0.05) is 28.4 Å². The number of halogens is 2. The number of hydrogen-bond acceptors (Lipinski definition) is 2. The molecule has 2 aliphatic heterocycles. The second-order valence-electron chi connectivity index (χ2n) is 7.12. The van der Waals surface area contributed by atoms with Crippen LogP contribution in [0.15, 0.2) is 24.3 Å². The fraction of sp³-hybridized carbons (Fsp3) is 0.368. The van der Waals surface area contributed by atoms with E-state index >= 15 is 0 Å². The number of anilines is 1. The zero-order valence-corrected chi connectivity index (χ0v) is 13.5. The Morgan fingerprint density at radius 3 is 2.70 bits per heavy atom. The Morgan fingerprint density at radius 1 is 1.13 bits per heavy atom. The van der Waals surface area contributed by atoms with Gasteiger partial charge in [0.15, 0.2) is 11.6 Å². The average Bonchev–Trinajstić information content (AvgIpc) is 2.47. The summed E-state index contributed by atoms with van der Waals surface area (Å²) < 4.78 is 33.2. The molecule has 0 fully saturated rings. The molecule has 4 heteroatoms. The van der Waals surface area contributed by atoms with Crippen molar-refractivity contribution >= 4 is 5.69 Å². The fourth-order valence-electron chi connectivity index (χ4n) is 3.54. The summed E-state index contributed by atoms with van der Waals surface area (Å²) in [7, 11) is 0. The summed E-state index contributed by atoms with van der Waals surface area (Å²) in [5, 5.41) is 3.58. The SMILES string of the molecule is CC1Cc2c(ccc3c2COc2c(F)cc(F)cc2-3)NC1(C)C. The molecule has 2 aliphatic rings. The van der Waals surface area contributed by atoms with E-state index in [1.54, 1.807) is 0 Å². The first-order valence-corrected chi connectivity index (χ1v) is 7.92. The van der Waals surface area contributed by atoms with Gasteiger partial charge in [-0.15, -0.1) is 0 Å². The summed E-state index contributed by atoms with van der Waals surface area (Å²) in [6.07, 6.45) is 0.926. The van der Waals surface area contributed by atoms with E-state index in [0.717, 1.165) is 29.3 Å². The normalized spacial score (nSPS) is 20.7. The first-order valence-electron chi connectivity index (χ1n) is 7.92. The number of benzene rings is 2. The van der Waals surface area contributed by atoms with Gasteiger partial charge in [0.05, 0.1) is 0 Å². The lowest BCUT2D eigenvalue weighted by Crippen LogP contribution is -2.43. The second kappa shape index (κ2) is 4.70. The third kappa shape index (κ3) is 2.12. The molecule has 120 valence electrons. The average molecular weight is 315 g/mol. The number of fused-ring (bicyclic) bond motifs is 5. The lowest BCUT2D eigenvalue weighted by molar-refractivity contribution is 0.281. The molecule has 0 saturated carbocycles. The van der Waals surface area contributed by atoms with Crippen molar-refractivity contribution in [2.75, 3.05) is 5.32 Å². The molecule has 0 spiro atoms. The zero-order valence-electron chi connectivity index (χ0n) is 13.5. The maximum absolute atomic E-state index is 14.0. The molecule has 23 heavy (non-hydrogen) atoms. The molecule has 0 saturated heterocycles. The molecule has 0 bridgehead atoms. The Kier molecular flexibility index (Phi) is 2.96. The highest BCUT2D eigenvalue weighted by Crippen LogP contribution is 2.45. The molecular formula is C19H19F2NO. The van der Waals surface area contributed by atoms with Crippen LogP contribution in [0.2, 0.25) is 0 Å². The Morgan fingerprint density at radius 2 is 1.91 bits per heavy atom.